The predicted octanol–water partition coefficient (Wildman–Crippen LogP) is 6.05. The minimum Gasteiger partial charge on any atom is -0.472 e. The molecule has 13 heteroatoms. The van der Waals surface area contributed by atoms with Gasteiger partial charge < -0.3 is 10.1 Å². The molecule has 0 radical (unpaired) electrons. The minimum absolute atomic E-state index is 0.152. The van der Waals surface area contributed by atoms with Crippen LogP contribution in [0.15, 0.2) is 65.8 Å². The number of aryl methyl sites for hydroxylation is 4. The van der Waals surface area contributed by atoms with Crippen LogP contribution in [0.2, 0.25) is 0 Å². The molecule has 0 saturated heterocycles. The molecule has 4 heterocycles. The summed E-state index contributed by atoms with van der Waals surface area (Å²) < 4.78 is 34.4. The molecule has 46 heavy (non-hydrogen) atoms. The van der Waals surface area contributed by atoms with Crippen LogP contribution in [0.5, 0.6) is 5.88 Å². The Labute approximate surface area is 269 Å². The monoisotopic (exact) mass is 644 g/mol. The fourth-order valence-corrected chi connectivity index (χ4v) is 7.62. The Morgan fingerprint density at radius 3 is 2.70 bits per heavy atom. The third-order valence-corrected chi connectivity index (χ3v) is 10.7. The summed E-state index contributed by atoms with van der Waals surface area (Å²) in [5.41, 5.74) is 6.55. The molecule has 0 aliphatic carbocycles. The Morgan fingerprint density at radius 1 is 1.13 bits per heavy atom. The molecule has 0 spiro atoms. The number of benzene rings is 2. The van der Waals surface area contributed by atoms with Crippen molar-refractivity contribution in [3.63, 3.8) is 0 Å². The Hall–Kier alpha value is -4.30. The summed E-state index contributed by atoms with van der Waals surface area (Å²) in [6.45, 7) is 9.36. The lowest BCUT2D eigenvalue weighted by atomic mass is 9.84. The van der Waals surface area contributed by atoms with Crippen molar-refractivity contribution in [2.75, 3.05) is 11.9 Å². The van der Waals surface area contributed by atoms with Crippen LogP contribution < -0.4 is 10.1 Å². The van der Waals surface area contributed by atoms with Crippen LogP contribution in [0, 0.1) is 13.8 Å². The van der Waals surface area contributed by atoms with Gasteiger partial charge in [-0.1, -0.05) is 36.4 Å². The third kappa shape index (κ3) is 5.98. The van der Waals surface area contributed by atoms with E-state index in [2.05, 4.69) is 37.8 Å². The lowest BCUT2D eigenvalue weighted by Gasteiger charge is -2.41. The first-order valence-electron chi connectivity index (χ1n) is 15.5. The summed E-state index contributed by atoms with van der Waals surface area (Å²) in [6.07, 6.45) is 3.83. The first-order chi connectivity index (χ1) is 22.1. The largest absolute Gasteiger partial charge is 0.472 e. The molecule has 0 fully saturated rings. The zero-order valence-corrected chi connectivity index (χ0v) is 27.5. The van der Waals surface area contributed by atoms with Crippen LogP contribution >= 0.6 is 10.8 Å². The molecule has 3 N–H and O–H groups in total. The van der Waals surface area contributed by atoms with Gasteiger partial charge in [0.15, 0.2) is 0 Å². The topological polar surface area (TPSA) is 143 Å². The Kier molecular flexibility index (Phi) is 8.84. The van der Waals surface area contributed by atoms with Crippen LogP contribution in [0.4, 0.5) is 5.82 Å². The van der Waals surface area contributed by atoms with Gasteiger partial charge in [-0.3, -0.25) is 18.6 Å². The van der Waals surface area contributed by atoms with E-state index in [1.807, 2.05) is 50.6 Å². The van der Waals surface area contributed by atoms with Crippen molar-refractivity contribution in [1.82, 2.24) is 34.1 Å². The molecule has 5 aromatic rings. The van der Waals surface area contributed by atoms with Gasteiger partial charge >= 0.3 is 0 Å². The Bertz CT molecular complexity index is 1890. The van der Waals surface area contributed by atoms with E-state index in [9.17, 15) is 13.9 Å². The minimum atomic E-state index is -3.39. The second kappa shape index (κ2) is 12.8. The van der Waals surface area contributed by atoms with Crippen molar-refractivity contribution in [2.24, 2.45) is 7.05 Å². The van der Waals surface area contributed by atoms with Gasteiger partial charge in [0, 0.05) is 44.7 Å². The normalized spacial score (nSPS) is 17.6. The van der Waals surface area contributed by atoms with Gasteiger partial charge in [0.05, 0.1) is 18.3 Å². The first-order valence-corrected chi connectivity index (χ1v) is 17.0. The molecule has 0 saturated carbocycles. The fraction of sp³-hybridized carbons (Fsp3) is 0.364. The molecule has 3 aromatic heterocycles. The molecule has 2 unspecified atom stereocenters. The second-order valence-corrected chi connectivity index (χ2v) is 13.7. The summed E-state index contributed by atoms with van der Waals surface area (Å²) in [4.78, 5) is 18.1. The predicted molar refractivity (Wildman–Crippen MR) is 178 cm³/mol. The van der Waals surface area contributed by atoms with Gasteiger partial charge in [-0.2, -0.15) is 9.40 Å². The number of rotatable bonds is 9. The number of fused-ring (bicyclic) bond motifs is 2. The molecule has 12 nitrogen and oxygen atoms in total. The number of pyridine rings is 1. The standard InChI is InChI=1S/C33H40N8O4S/c1-6-25-20-40(46(43,44)29-9-8-15-34-33(29)45-25)19-24-17-23(11-10-21(24)3)27(18-31(42)36-30-14-16-35-39(30)5)26-12-13-28-32(22(26)4)37-38-41(28)7-2/h8-17,25,27,43-44H,6-7,18-20H2,1-5H3,(H,36,42). The Balaban J connectivity index is 1.39. The zero-order chi connectivity index (χ0) is 32.6. The molecule has 1 aliphatic rings. The Morgan fingerprint density at radius 2 is 1.96 bits per heavy atom. The number of nitrogens with one attached hydrogen (secondary N) is 1. The number of carbonyl (C=O) groups is 1. The van der Waals surface area contributed by atoms with Gasteiger partial charge in [0.25, 0.3) is 0 Å². The molecule has 2 atom stereocenters. The SMILES string of the molecule is CCC1CN(Cc2cc(C(CC(=O)Nc3ccnn3C)c3ccc4c(nnn4CC)c3C)ccc2C)S(O)(O)c2cccnc2O1. The van der Waals surface area contributed by atoms with Gasteiger partial charge in [-0.15, -0.1) is 15.9 Å². The van der Waals surface area contributed by atoms with Crippen LogP contribution in [0.3, 0.4) is 0 Å². The van der Waals surface area contributed by atoms with E-state index in [1.54, 1.807) is 46.6 Å². The summed E-state index contributed by atoms with van der Waals surface area (Å²) in [6, 6.07) is 15.4. The number of nitrogens with zero attached hydrogens (tertiary/aromatic N) is 7. The number of hydrogen-bond donors (Lipinski definition) is 3. The van der Waals surface area contributed by atoms with E-state index < -0.39 is 10.8 Å². The number of amides is 1. The van der Waals surface area contributed by atoms with Crippen molar-refractivity contribution in [1.29, 1.82) is 0 Å². The van der Waals surface area contributed by atoms with Gasteiger partial charge in [0.2, 0.25) is 11.8 Å². The van der Waals surface area contributed by atoms with Gasteiger partial charge in [0.1, 0.15) is 22.3 Å². The fourth-order valence-electron chi connectivity index (χ4n) is 6.05. The highest BCUT2D eigenvalue weighted by molar-refractivity contribution is 8.22. The maximum Gasteiger partial charge on any atom is 0.239 e. The number of ether oxygens (including phenoxy) is 1. The van der Waals surface area contributed by atoms with E-state index in [0.29, 0.717) is 25.3 Å². The van der Waals surface area contributed by atoms with Crippen molar-refractivity contribution in [2.45, 2.75) is 70.5 Å². The smallest absolute Gasteiger partial charge is 0.239 e. The molecule has 1 amide bonds. The maximum absolute atomic E-state index is 13.5. The molecular weight excluding hydrogens is 604 g/mol. The lowest BCUT2D eigenvalue weighted by Crippen LogP contribution is -2.34. The molecule has 2 aromatic carbocycles. The number of aromatic nitrogens is 6. The lowest BCUT2D eigenvalue weighted by molar-refractivity contribution is -0.116. The van der Waals surface area contributed by atoms with Crippen LogP contribution in [-0.4, -0.2) is 61.7 Å². The quantitative estimate of drug-likeness (QED) is 0.175. The van der Waals surface area contributed by atoms with Gasteiger partial charge in [-0.25, -0.2) is 9.67 Å². The highest BCUT2D eigenvalue weighted by Crippen LogP contribution is 2.57. The third-order valence-electron chi connectivity index (χ3n) is 8.79. The number of carbonyl (C=O) groups excluding carboxylic acids is 1. The molecule has 0 bridgehead atoms. The molecule has 1 aliphatic heterocycles. The molecule has 242 valence electrons. The highest BCUT2D eigenvalue weighted by Gasteiger charge is 2.36. The number of anilines is 1. The highest BCUT2D eigenvalue weighted by atomic mass is 32.3. The molecule has 6 rings (SSSR count). The molecular formula is C33H40N8O4S. The maximum atomic E-state index is 13.5. The van der Waals surface area contributed by atoms with E-state index >= 15 is 0 Å². The van der Waals surface area contributed by atoms with Crippen molar-refractivity contribution >= 4 is 33.5 Å². The van der Waals surface area contributed by atoms with E-state index in [1.165, 1.54) is 0 Å². The van der Waals surface area contributed by atoms with Crippen LogP contribution in [-0.2, 0) is 24.9 Å². The van der Waals surface area contributed by atoms with E-state index in [4.69, 9.17) is 4.74 Å². The van der Waals surface area contributed by atoms with Crippen molar-refractivity contribution in [3.8, 4) is 5.88 Å². The van der Waals surface area contributed by atoms with Crippen LogP contribution in [0.25, 0.3) is 11.0 Å². The first kappa shape index (κ1) is 31.7. The van der Waals surface area contributed by atoms with E-state index in [0.717, 1.165) is 38.9 Å². The average Bonchev–Trinajstić information content (AvgIpc) is 3.63. The average molecular weight is 645 g/mol. The number of hydrogen-bond acceptors (Lipinski definition) is 9. The van der Waals surface area contributed by atoms with Gasteiger partial charge in [-0.05, 0) is 73.2 Å². The van der Waals surface area contributed by atoms with Crippen molar-refractivity contribution < 1.29 is 18.6 Å². The second-order valence-electron chi connectivity index (χ2n) is 11.7. The summed E-state index contributed by atoms with van der Waals surface area (Å²) in [5, 5.41) is 16.0. The summed E-state index contributed by atoms with van der Waals surface area (Å²) >= 11 is 0. The summed E-state index contributed by atoms with van der Waals surface area (Å²) in [5.74, 6) is 0.402. The van der Waals surface area contributed by atoms with Crippen molar-refractivity contribution in [3.05, 3.63) is 88.7 Å². The summed E-state index contributed by atoms with van der Waals surface area (Å²) in [7, 11) is -1.61. The zero-order valence-electron chi connectivity index (χ0n) is 26.7. The van der Waals surface area contributed by atoms with E-state index in [-0.39, 0.29) is 41.7 Å². The van der Waals surface area contributed by atoms with Crippen LogP contribution in [0.1, 0.15) is 60.4 Å².